The lowest BCUT2D eigenvalue weighted by Crippen LogP contribution is -2.26. The third-order valence-corrected chi connectivity index (χ3v) is 6.66. The molecule has 0 bridgehead atoms. The number of ether oxygens (including phenoxy) is 1. The maximum Gasteiger partial charge on any atom is 0.316 e. The summed E-state index contributed by atoms with van der Waals surface area (Å²) >= 11 is 2.99. The predicted octanol–water partition coefficient (Wildman–Crippen LogP) is 3.69. The highest BCUT2D eigenvalue weighted by Crippen LogP contribution is 2.44. The first-order valence-corrected chi connectivity index (χ1v) is 9.87. The van der Waals surface area contributed by atoms with Gasteiger partial charge in [0.25, 0.3) is 0 Å². The van der Waals surface area contributed by atoms with Crippen molar-refractivity contribution < 1.29 is 9.53 Å². The van der Waals surface area contributed by atoms with Gasteiger partial charge in [0.1, 0.15) is 10.6 Å². The van der Waals surface area contributed by atoms with Crippen LogP contribution < -0.4 is 5.73 Å². The van der Waals surface area contributed by atoms with Crippen LogP contribution in [0.5, 0.6) is 0 Å². The van der Waals surface area contributed by atoms with Crippen molar-refractivity contribution in [2.75, 3.05) is 18.6 Å². The maximum atomic E-state index is 11.3. The molecule has 1 aliphatic rings. The number of fused-ring (bicyclic) bond motifs is 3. The van der Waals surface area contributed by atoms with Gasteiger partial charge in [0.2, 0.25) is 0 Å². The maximum absolute atomic E-state index is 11.3. The molecule has 0 fully saturated rings. The second-order valence-corrected chi connectivity index (χ2v) is 9.27. The van der Waals surface area contributed by atoms with Crippen LogP contribution in [-0.4, -0.2) is 28.8 Å². The van der Waals surface area contributed by atoms with Crippen LogP contribution in [0.15, 0.2) is 5.16 Å². The van der Waals surface area contributed by atoms with E-state index in [2.05, 4.69) is 35.5 Å². The summed E-state index contributed by atoms with van der Waals surface area (Å²) in [6.07, 6.45) is 3.31. The molecule has 7 heteroatoms. The Morgan fingerprint density at radius 1 is 1.42 bits per heavy atom. The van der Waals surface area contributed by atoms with Crippen molar-refractivity contribution >= 4 is 45.1 Å². The number of rotatable bonds is 3. The zero-order chi connectivity index (χ0) is 17.5. The van der Waals surface area contributed by atoms with Crippen molar-refractivity contribution in [1.29, 1.82) is 0 Å². The molecule has 0 amide bonds. The molecule has 0 saturated carbocycles. The van der Waals surface area contributed by atoms with Crippen molar-refractivity contribution in [2.45, 2.75) is 45.2 Å². The first-order valence-electron chi connectivity index (χ1n) is 8.07. The minimum Gasteiger partial charge on any atom is -0.468 e. The van der Waals surface area contributed by atoms with E-state index >= 15 is 0 Å². The molecule has 0 radical (unpaired) electrons. The number of esters is 1. The molecule has 0 spiro atoms. The number of aromatic nitrogens is 2. The highest BCUT2D eigenvalue weighted by Gasteiger charge is 2.31. The lowest BCUT2D eigenvalue weighted by atomic mass is 9.72. The summed E-state index contributed by atoms with van der Waals surface area (Å²) in [5.41, 5.74) is 7.85. The first-order chi connectivity index (χ1) is 11.3. The number of hydrogen-bond donors (Lipinski definition) is 1. The molecule has 24 heavy (non-hydrogen) atoms. The van der Waals surface area contributed by atoms with E-state index in [1.165, 1.54) is 35.7 Å². The van der Waals surface area contributed by atoms with Crippen LogP contribution in [0.2, 0.25) is 0 Å². The normalized spacial score (nSPS) is 17.8. The molecule has 1 aliphatic carbocycles. The molecule has 130 valence electrons. The average Bonchev–Trinajstić information content (AvgIpc) is 2.89. The number of thiophene rings is 1. The summed E-state index contributed by atoms with van der Waals surface area (Å²) in [6, 6.07) is 0. The molecule has 0 unspecified atom stereocenters. The van der Waals surface area contributed by atoms with E-state index in [4.69, 9.17) is 5.73 Å². The summed E-state index contributed by atoms with van der Waals surface area (Å²) in [6.45, 7) is 6.93. The van der Waals surface area contributed by atoms with Crippen molar-refractivity contribution in [3.8, 4) is 0 Å². The molecule has 2 heterocycles. The number of methoxy groups -OCH3 is 1. The summed E-state index contributed by atoms with van der Waals surface area (Å²) in [5, 5.41) is 1.56. The number of nitrogens with two attached hydrogens (primary N) is 1. The van der Waals surface area contributed by atoms with E-state index in [1.54, 1.807) is 11.3 Å². The molecule has 1 atom stereocenters. The highest BCUT2D eigenvalue weighted by atomic mass is 32.2. The van der Waals surface area contributed by atoms with Crippen LogP contribution in [0.4, 0.5) is 5.82 Å². The van der Waals surface area contributed by atoms with Crippen molar-refractivity contribution in [2.24, 2.45) is 11.3 Å². The van der Waals surface area contributed by atoms with Gasteiger partial charge in [-0.05, 0) is 36.2 Å². The Bertz CT molecular complexity index is 780. The molecule has 2 aromatic heterocycles. The van der Waals surface area contributed by atoms with Gasteiger partial charge in [0, 0.05) is 4.88 Å². The van der Waals surface area contributed by atoms with Gasteiger partial charge >= 0.3 is 5.97 Å². The van der Waals surface area contributed by atoms with E-state index < -0.39 is 0 Å². The second-order valence-electron chi connectivity index (χ2n) is 7.25. The monoisotopic (exact) mass is 365 g/mol. The Hall–Kier alpha value is -1.34. The molecule has 0 aromatic carbocycles. The standard InChI is InChI=1S/C17H23N3O2S2/c1-17(2,3)9-5-6-10-11(7-9)24-15-13(10)14(18)19-16(20-15)23-8-12(21)22-4/h9H,5-8H2,1-4H3,(H2,18,19,20)/t9-/m1/s1. The zero-order valence-corrected chi connectivity index (χ0v) is 16.1. The second kappa shape index (κ2) is 6.52. The average molecular weight is 366 g/mol. The van der Waals surface area contributed by atoms with Gasteiger partial charge in [0.15, 0.2) is 5.16 Å². The molecular formula is C17H23N3O2S2. The summed E-state index contributed by atoms with van der Waals surface area (Å²) in [5.74, 6) is 1.11. The molecule has 0 saturated heterocycles. The van der Waals surface area contributed by atoms with E-state index in [1.807, 2.05) is 0 Å². The Morgan fingerprint density at radius 3 is 2.83 bits per heavy atom. The predicted molar refractivity (Wildman–Crippen MR) is 99.5 cm³/mol. The van der Waals surface area contributed by atoms with Crippen LogP contribution in [0.3, 0.4) is 0 Å². The molecular weight excluding hydrogens is 342 g/mol. The lowest BCUT2D eigenvalue weighted by molar-refractivity contribution is -0.137. The fraction of sp³-hybridized carbons (Fsp3) is 0.588. The van der Waals surface area contributed by atoms with Crippen LogP contribution in [0.1, 0.15) is 37.6 Å². The Balaban J connectivity index is 1.92. The molecule has 2 aromatic rings. The van der Waals surface area contributed by atoms with E-state index in [9.17, 15) is 4.79 Å². The SMILES string of the molecule is COC(=O)CSc1nc(N)c2c3c(sc2n1)C[C@H](C(C)(C)C)CC3. The highest BCUT2D eigenvalue weighted by molar-refractivity contribution is 7.99. The largest absolute Gasteiger partial charge is 0.468 e. The first kappa shape index (κ1) is 17.5. The number of nitrogen functional groups attached to an aromatic ring is 1. The van der Waals surface area contributed by atoms with Gasteiger partial charge in [-0.3, -0.25) is 4.79 Å². The van der Waals surface area contributed by atoms with Gasteiger partial charge in [-0.1, -0.05) is 32.5 Å². The Morgan fingerprint density at radius 2 is 2.17 bits per heavy atom. The molecule has 0 aliphatic heterocycles. The third-order valence-electron chi connectivity index (χ3n) is 4.69. The number of carbonyl (C=O) groups is 1. The number of anilines is 1. The van der Waals surface area contributed by atoms with Crippen LogP contribution in [-0.2, 0) is 22.4 Å². The number of thioether (sulfide) groups is 1. The van der Waals surface area contributed by atoms with Crippen LogP contribution in [0.25, 0.3) is 10.2 Å². The summed E-state index contributed by atoms with van der Waals surface area (Å²) < 4.78 is 4.66. The Labute approximate surface area is 150 Å². The number of aryl methyl sites for hydroxylation is 1. The smallest absolute Gasteiger partial charge is 0.316 e. The number of nitrogens with zero attached hydrogens (tertiary/aromatic N) is 2. The van der Waals surface area contributed by atoms with Crippen molar-refractivity contribution in [3.63, 3.8) is 0 Å². The van der Waals surface area contributed by atoms with Gasteiger partial charge < -0.3 is 10.5 Å². The minimum absolute atomic E-state index is 0.193. The van der Waals surface area contributed by atoms with Crippen molar-refractivity contribution in [3.05, 3.63) is 10.4 Å². The van der Waals surface area contributed by atoms with E-state index in [-0.39, 0.29) is 11.7 Å². The molecule has 3 rings (SSSR count). The topological polar surface area (TPSA) is 78.1 Å². The molecule has 2 N–H and O–H groups in total. The minimum atomic E-state index is -0.291. The summed E-state index contributed by atoms with van der Waals surface area (Å²) in [7, 11) is 1.38. The van der Waals surface area contributed by atoms with Crippen molar-refractivity contribution in [1.82, 2.24) is 9.97 Å². The van der Waals surface area contributed by atoms with Gasteiger partial charge in [-0.15, -0.1) is 11.3 Å². The number of hydrogen-bond acceptors (Lipinski definition) is 7. The van der Waals surface area contributed by atoms with Crippen LogP contribution in [0, 0.1) is 11.3 Å². The summed E-state index contributed by atoms with van der Waals surface area (Å²) in [4.78, 5) is 22.6. The lowest BCUT2D eigenvalue weighted by Gasteiger charge is -2.33. The van der Waals surface area contributed by atoms with Crippen LogP contribution >= 0.6 is 23.1 Å². The Kier molecular flexibility index (Phi) is 4.75. The fourth-order valence-corrected chi connectivity index (χ4v) is 5.22. The molecule has 5 nitrogen and oxygen atoms in total. The van der Waals surface area contributed by atoms with E-state index in [0.717, 1.165) is 23.1 Å². The van der Waals surface area contributed by atoms with Gasteiger partial charge in [-0.2, -0.15) is 0 Å². The fourth-order valence-electron chi connectivity index (χ4n) is 3.17. The van der Waals surface area contributed by atoms with Gasteiger partial charge in [0.05, 0.1) is 18.2 Å². The quantitative estimate of drug-likeness (QED) is 0.508. The van der Waals surface area contributed by atoms with E-state index in [0.29, 0.717) is 22.3 Å². The number of carbonyl (C=O) groups excluding carboxylic acids is 1. The van der Waals surface area contributed by atoms with Gasteiger partial charge in [-0.25, -0.2) is 9.97 Å². The third kappa shape index (κ3) is 3.37. The zero-order valence-electron chi connectivity index (χ0n) is 14.5.